The molecule has 1 aliphatic heterocycles. The van der Waals surface area contributed by atoms with Crippen molar-refractivity contribution in [1.82, 2.24) is 9.88 Å². The summed E-state index contributed by atoms with van der Waals surface area (Å²) in [5.74, 6) is -0.498. The number of carbonyl (C=O) groups is 3. The first-order valence-corrected chi connectivity index (χ1v) is 8.39. The number of hydrogen-bond donors (Lipinski definition) is 2. The topological polar surface area (TPSA) is 101 Å². The Morgan fingerprint density at radius 3 is 2.81 bits per heavy atom. The Morgan fingerprint density at radius 1 is 1.31 bits per heavy atom. The highest BCUT2D eigenvalue weighted by Gasteiger charge is 2.21. The van der Waals surface area contributed by atoms with E-state index in [-0.39, 0.29) is 24.1 Å². The summed E-state index contributed by atoms with van der Waals surface area (Å²) in [5.41, 5.74) is 1.49. The first-order valence-electron chi connectivity index (χ1n) is 7.60. The number of hydrogen-bond acceptors (Lipinski definition) is 5. The van der Waals surface area contributed by atoms with E-state index in [9.17, 15) is 14.4 Å². The molecular weight excluding hydrogens is 404 g/mol. The van der Waals surface area contributed by atoms with Gasteiger partial charge in [-0.25, -0.2) is 0 Å². The number of nitrogens with zero attached hydrogens (tertiary/aromatic N) is 2. The molecule has 1 aromatic carbocycles. The molecule has 1 aliphatic rings. The fourth-order valence-corrected chi connectivity index (χ4v) is 2.85. The zero-order chi connectivity index (χ0) is 18.8. The molecule has 26 heavy (non-hydrogen) atoms. The summed E-state index contributed by atoms with van der Waals surface area (Å²) in [6, 6.07) is 6.24. The van der Waals surface area contributed by atoms with Crippen molar-refractivity contribution < 1.29 is 19.1 Å². The maximum Gasteiger partial charge on any atom is 0.272 e. The lowest BCUT2D eigenvalue weighted by Crippen LogP contribution is -2.26. The number of anilines is 2. The van der Waals surface area contributed by atoms with Crippen LogP contribution in [-0.4, -0.2) is 48.3 Å². The molecule has 0 radical (unpaired) electrons. The number of amides is 3. The molecule has 9 heteroatoms. The number of ether oxygens (including phenoxy) is 1. The van der Waals surface area contributed by atoms with Gasteiger partial charge in [0.15, 0.2) is 6.61 Å². The lowest BCUT2D eigenvalue weighted by Gasteiger charge is -2.19. The van der Waals surface area contributed by atoms with Crippen LogP contribution in [0.3, 0.4) is 0 Å². The molecule has 0 bridgehead atoms. The van der Waals surface area contributed by atoms with Gasteiger partial charge in [0.1, 0.15) is 11.4 Å². The zero-order valence-electron chi connectivity index (χ0n) is 14.0. The Bertz CT molecular complexity index is 914. The average Bonchev–Trinajstić information content (AvgIpc) is 2.60. The van der Waals surface area contributed by atoms with Crippen LogP contribution >= 0.6 is 15.9 Å². The number of rotatable bonds is 3. The fourth-order valence-electron chi connectivity index (χ4n) is 2.33. The van der Waals surface area contributed by atoms with Crippen molar-refractivity contribution in [3.05, 3.63) is 46.2 Å². The van der Waals surface area contributed by atoms with E-state index in [1.807, 2.05) is 0 Å². The van der Waals surface area contributed by atoms with Crippen molar-refractivity contribution in [2.45, 2.75) is 0 Å². The van der Waals surface area contributed by atoms with Gasteiger partial charge in [-0.2, -0.15) is 0 Å². The molecule has 8 nitrogen and oxygen atoms in total. The second-order valence-corrected chi connectivity index (χ2v) is 6.60. The molecule has 0 spiro atoms. The molecule has 0 aliphatic carbocycles. The number of benzene rings is 1. The molecular formula is C17H15BrN4O4. The SMILES string of the molecule is CN(C)C(=O)c1cc(NC(=O)c2cc3c(cc2Br)NC(=O)CO3)ccn1. The number of nitrogens with one attached hydrogen (secondary N) is 2. The van der Waals surface area contributed by atoms with E-state index >= 15 is 0 Å². The van der Waals surface area contributed by atoms with Crippen LogP contribution in [0.25, 0.3) is 0 Å². The Kier molecular flexibility index (Phi) is 4.90. The van der Waals surface area contributed by atoms with E-state index < -0.39 is 5.91 Å². The number of pyridine rings is 1. The van der Waals surface area contributed by atoms with Crippen LogP contribution in [0.1, 0.15) is 20.8 Å². The van der Waals surface area contributed by atoms with Gasteiger partial charge in [-0.1, -0.05) is 0 Å². The quantitative estimate of drug-likeness (QED) is 0.794. The van der Waals surface area contributed by atoms with Gasteiger partial charge in [0.25, 0.3) is 17.7 Å². The molecule has 0 atom stereocenters. The number of aromatic nitrogens is 1. The van der Waals surface area contributed by atoms with Crippen LogP contribution in [0.5, 0.6) is 5.75 Å². The van der Waals surface area contributed by atoms with Crippen molar-refractivity contribution in [3.63, 3.8) is 0 Å². The molecule has 2 heterocycles. The molecule has 3 amide bonds. The van der Waals surface area contributed by atoms with Crippen molar-refractivity contribution >= 4 is 45.0 Å². The average molecular weight is 419 g/mol. The summed E-state index contributed by atoms with van der Waals surface area (Å²) in [4.78, 5) is 41.4. The highest BCUT2D eigenvalue weighted by atomic mass is 79.9. The third kappa shape index (κ3) is 3.67. The number of fused-ring (bicyclic) bond motifs is 1. The monoisotopic (exact) mass is 418 g/mol. The molecule has 1 aromatic heterocycles. The van der Waals surface area contributed by atoms with Crippen molar-refractivity contribution in [1.29, 1.82) is 0 Å². The summed E-state index contributed by atoms with van der Waals surface area (Å²) in [6.07, 6.45) is 1.45. The summed E-state index contributed by atoms with van der Waals surface area (Å²) >= 11 is 3.33. The number of carbonyl (C=O) groups excluding carboxylic acids is 3. The molecule has 3 rings (SSSR count). The third-order valence-corrected chi connectivity index (χ3v) is 4.25. The molecule has 0 fully saturated rings. The molecule has 134 valence electrons. The van der Waals surface area contributed by atoms with Gasteiger partial charge in [-0.15, -0.1) is 0 Å². The Balaban J connectivity index is 1.84. The van der Waals surface area contributed by atoms with Crippen molar-refractivity contribution in [2.75, 3.05) is 31.3 Å². The highest BCUT2D eigenvalue weighted by Crippen LogP contribution is 2.34. The normalized spacial score (nSPS) is 12.5. The smallest absolute Gasteiger partial charge is 0.272 e. The zero-order valence-corrected chi connectivity index (χ0v) is 15.6. The minimum absolute atomic E-state index is 0.101. The van der Waals surface area contributed by atoms with E-state index in [0.717, 1.165) is 0 Å². The fraction of sp³-hybridized carbons (Fsp3) is 0.176. The first kappa shape index (κ1) is 17.9. The lowest BCUT2D eigenvalue weighted by atomic mass is 10.1. The first-order chi connectivity index (χ1) is 12.3. The van der Waals surface area contributed by atoms with E-state index in [1.54, 1.807) is 32.3 Å². The van der Waals surface area contributed by atoms with Crippen molar-refractivity contribution in [2.24, 2.45) is 0 Å². The lowest BCUT2D eigenvalue weighted by molar-refractivity contribution is -0.118. The summed E-state index contributed by atoms with van der Waals surface area (Å²) in [7, 11) is 3.25. The van der Waals surface area contributed by atoms with Crippen LogP contribution in [0, 0.1) is 0 Å². The predicted molar refractivity (Wildman–Crippen MR) is 98.5 cm³/mol. The van der Waals surface area contributed by atoms with E-state index in [4.69, 9.17) is 4.74 Å². The minimum atomic E-state index is -0.394. The molecule has 0 saturated carbocycles. The summed E-state index contributed by atoms with van der Waals surface area (Å²) < 4.78 is 5.83. The van der Waals surface area contributed by atoms with E-state index in [1.165, 1.54) is 17.2 Å². The molecule has 0 unspecified atom stereocenters. The summed E-state index contributed by atoms with van der Waals surface area (Å²) in [5, 5.41) is 5.40. The van der Waals surface area contributed by atoms with Gasteiger partial charge >= 0.3 is 0 Å². The van der Waals surface area contributed by atoms with Gasteiger partial charge in [0, 0.05) is 30.5 Å². The standard InChI is InChI=1S/C17H15BrN4O4/c1-22(2)17(25)13-5-9(3-4-19-13)20-16(24)10-6-14-12(7-11(10)18)21-15(23)8-26-14/h3-7H,8H2,1-2H3,(H,21,23)(H,19,20,24). The maximum absolute atomic E-state index is 12.6. The van der Waals surface area contributed by atoms with Gasteiger partial charge in [-0.3, -0.25) is 19.4 Å². The minimum Gasteiger partial charge on any atom is -0.482 e. The van der Waals surface area contributed by atoms with E-state index in [2.05, 4.69) is 31.5 Å². The van der Waals surface area contributed by atoms with Crippen LogP contribution < -0.4 is 15.4 Å². The predicted octanol–water partition coefficient (Wildman–Crippen LogP) is 2.13. The van der Waals surface area contributed by atoms with Crippen LogP contribution in [0.15, 0.2) is 34.9 Å². The maximum atomic E-state index is 12.6. The second kappa shape index (κ2) is 7.12. The van der Waals surface area contributed by atoms with E-state index in [0.29, 0.717) is 27.2 Å². The summed E-state index contributed by atoms with van der Waals surface area (Å²) in [6.45, 7) is -0.101. The largest absolute Gasteiger partial charge is 0.482 e. The number of halogens is 1. The van der Waals surface area contributed by atoms with Crippen molar-refractivity contribution in [3.8, 4) is 5.75 Å². The second-order valence-electron chi connectivity index (χ2n) is 5.75. The molecule has 0 saturated heterocycles. The Hall–Kier alpha value is -2.94. The van der Waals surface area contributed by atoms with Crippen LogP contribution in [0.4, 0.5) is 11.4 Å². The van der Waals surface area contributed by atoms with Gasteiger partial charge in [0.2, 0.25) is 0 Å². The third-order valence-electron chi connectivity index (χ3n) is 3.59. The molecule has 2 aromatic rings. The van der Waals surface area contributed by atoms with Crippen LogP contribution in [0.2, 0.25) is 0 Å². The Labute approximate surface area is 157 Å². The van der Waals surface area contributed by atoms with Gasteiger partial charge < -0.3 is 20.3 Å². The Morgan fingerprint density at radius 2 is 2.08 bits per heavy atom. The molecule has 2 N–H and O–H groups in total. The van der Waals surface area contributed by atoms with Gasteiger partial charge in [0.05, 0.1) is 11.3 Å². The van der Waals surface area contributed by atoms with Crippen LogP contribution in [-0.2, 0) is 4.79 Å². The highest BCUT2D eigenvalue weighted by molar-refractivity contribution is 9.10. The van der Waals surface area contributed by atoms with Gasteiger partial charge in [-0.05, 0) is 40.2 Å².